The third-order valence-corrected chi connectivity index (χ3v) is 4.73. The molecule has 2 aliphatic carbocycles. The third kappa shape index (κ3) is 1.24. The lowest BCUT2D eigenvalue weighted by molar-refractivity contribution is -0.0717. The van der Waals surface area contributed by atoms with Crippen molar-refractivity contribution >= 4 is 0 Å². The second-order valence-electron chi connectivity index (χ2n) is 5.46. The first kappa shape index (κ1) is 8.28. The molecule has 0 radical (unpaired) electrons. The lowest BCUT2D eigenvalue weighted by Gasteiger charge is -2.33. The summed E-state index contributed by atoms with van der Waals surface area (Å²) in [5.74, 6) is 2.82. The van der Waals surface area contributed by atoms with E-state index in [-0.39, 0.29) is 0 Å². The van der Waals surface area contributed by atoms with Crippen LogP contribution in [0, 0.1) is 17.8 Å². The normalized spacial score (nSPS) is 54.7. The first-order valence-electron chi connectivity index (χ1n) is 5.94. The van der Waals surface area contributed by atoms with Crippen molar-refractivity contribution in [2.45, 2.75) is 51.0 Å². The van der Waals surface area contributed by atoms with Crippen molar-refractivity contribution in [3.05, 3.63) is 0 Å². The van der Waals surface area contributed by atoms with Gasteiger partial charge in [-0.05, 0) is 49.9 Å². The van der Waals surface area contributed by atoms with Crippen molar-refractivity contribution in [3.8, 4) is 0 Å². The highest BCUT2D eigenvalue weighted by Crippen LogP contribution is 2.52. The van der Waals surface area contributed by atoms with E-state index < -0.39 is 0 Å². The number of hydrogen-bond donors (Lipinski definition) is 0. The largest absolute Gasteiger partial charge is 0.374 e. The molecule has 1 heterocycles. The molecule has 1 aliphatic heterocycles. The minimum atomic E-state index is 0.327. The molecule has 1 spiro atoms. The maximum absolute atomic E-state index is 6.22. The quantitative estimate of drug-likeness (QED) is 0.557. The fourth-order valence-electron chi connectivity index (χ4n) is 3.45. The number of hydrogen-bond acceptors (Lipinski definition) is 1. The van der Waals surface area contributed by atoms with Crippen LogP contribution in [0.2, 0.25) is 0 Å². The van der Waals surface area contributed by atoms with Gasteiger partial charge in [0.25, 0.3) is 0 Å². The summed E-state index contributed by atoms with van der Waals surface area (Å²) < 4.78 is 6.22. The summed E-state index contributed by atoms with van der Waals surface area (Å²) in [6.07, 6.45) is 8.41. The van der Waals surface area contributed by atoms with Crippen LogP contribution in [0.5, 0.6) is 0 Å². The zero-order valence-electron chi connectivity index (χ0n) is 8.59. The zero-order chi connectivity index (χ0) is 8.89. The monoisotopic (exact) mass is 180 g/mol. The van der Waals surface area contributed by atoms with Crippen LogP contribution < -0.4 is 0 Å². The number of fused-ring (bicyclic) bond motifs is 1. The van der Waals surface area contributed by atoms with Gasteiger partial charge in [0.05, 0.1) is 12.2 Å². The molecule has 0 bridgehead atoms. The molecule has 4 atom stereocenters. The highest BCUT2D eigenvalue weighted by Gasteiger charge is 2.48. The standard InChI is InChI=1S/C12H20O/c1-9-3-2-5-12(9)6-4-10-7-11(10)8-13-12/h9-11H,2-8H2,1H3. The Morgan fingerprint density at radius 3 is 2.85 bits per heavy atom. The van der Waals surface area contributed by atoms with Crippen LogP contribution in [0.1, 0.15) is 45.4 Å². The first-order valence-corrected chi connectivity index (χ1v) is 5.94. The third-order valence-electron chi connectivity index (χ3n) is 4.73. The molecular weight excluding hydrogens is 160 g/mol. The smallest absolute Gasteiger partial charge is 0.0708 e. The zero-order valence-corrected chi connectivity index (χ0v) is 8.59. The van der Waals surface area contributed by atoms with E-state index in [4.69, 9.17) is 4.74 Å². The first-order chi connectivity index (χ1) is 6.30. The molecule has 0 amide bonds. The average molecular weight is 180 g/mol. The molecule has 1 saturated heterocycles. The van der Waals surface area contributed by atoms with Gasteiger partial charge in [0, 0.05) is 0 Å². The van der Waals surface area contributed by atoms with Crippen LogP contribution in [0.25, 0.3) is 0 Å². The van der Waals surface area contributed by atoms with Crippen molar-refractivity contribution < 1.29 is 4.74 Å². The Morgan fingerprint density at radius 2 is 2.08 bits per heavy atom. The van der Waals surface area contributed by atoms with E-state index in [1.807, 2.05) is 0 Å². The highest BCUT2D eigenvalue weighted by molar-refractivity contribution is 4.98. The SMILES string of the molecule is CC1CCCC12CCC1CC1CO2. The fraction of sp³-hybridized carbons (Fsp3) is 1.00. The van der Waals surface area contributed by atoms with Crippen LogP contribution in [-0.2, 0) is 4.74 Å². The summed E-state index contributed by atoms with van der Waals surface area (Å²) >= 11 is 0. The molecule has 0 aromatic carbocycles. The van der Waals surface area contributed by atoms with E-state index in [1.165, 1.54) is 38.5 Å². The molecular formula is C12H20O. The summed E-state index contributed by atoms with van der Waals surface area (Å²) in [6, 6.07) is 0. The molecule has 0 N–H and O–H groups in total. The molecule has 1 heteroatoms. The second kappa shape index (κ2) is 2.73. The van der Waals surface area contributed by atoms with Crippen LogP contribution >= 0.6 is 0 Å². The Balaban J connectivity index is 1.75. The van der Waals surface area contributed by atoms with Crippen LogP contribution in [0.3, 0.4) is 0 Å². The summed E-state index contributed by atoms with van der Waals surface area (Å²) in [7, 11) is 0. The van der Waals surface area contributed by atoms with Crippen LogP contribution in [0.15, 0.2) is 0 Å². The molecule has 2 saturated carbocycles. The topological polar surface area (TPSA) is 9.23 Å². The lowest BCUT2D eigenvalue weighted by atomic mass is 9.87. The molecule has 13 heavy (non-hydrogen) atoms. The molecule has 3 rings (SSSR count). The van der Waals surface area contributed by atoms with Gasteiger partial charge >= 0.3 is 0 Å². The Hall–Kier alpha value is -0.0400. The molecule has 3 aliphatic rings. The Bertz CT molecular complexity index is 199. The van der Waals surface area contributed by atoms with Gasteiger partial charge < -0.3 is 4.74 Å². The maximum Gasteiger partial charge on any atom is 0.0708 e. The molecule has 0 aromatic heterocycles. The van der Waals surface area contributed by atoms with Gasteiger partial charge in [0.2, 0.25) is 0 Å². The molecule has 4 unspecified atom stereocenters. The lowest BCUT2D eigenvalue weighted by Crippen LogP contribution is -2.35. The van der Waals surface area contributed by atoms with Crippen LogP contribution in [-0.4, -0.2) is 12.2 Å². The highest BCUT2D eigenvalue weighted by atomic mass is 16.5. The number of ether oxygens (including phenoxy) is 1. The Morgan fingerprint density at radius 1 is 1.15 bits per heavy atom. The van der Waals surface area contributed by atoms with Gasteiger partial charge in [-0.1, -0.05) is 13.3 Å². The Kier molecular flexibility index (Phi) is 1.74. The predicted molar refractivity (Wildman–Crippen MR) is 52.5 cm³/mol. The van der Waals surface area contributed by atoms with E-state index >= 15 is 0 Å². The van der Waals surface area contributed by atoms with Gasteiger partial charge in [-0.2, -0.15) is 0 Å². The van der Waals surface area contributed by atoms with Gasteiger partial charge in [-0.25, -0.2) is 0 Å². The van der Waals surface area contributed by atoms with E-state index in [1.54, 1.807) is 0 Å². The van der Waals surface area contributed by atoms with Gasteiger partial charge in [-0.15, -0.1) is 0 Å². The van der Waals surface area contributed by atoms with Crippen molar-refractivity contribution in [1.29, 1.82) is 0 Å². The van der Waals surface area contributed by atoms with Crippen LogP contribution in [0.4, 0.5) is 0 Å². The second-order valence-corrected chi connectivity index (χ2v) is 5.46. The summed E-state index contributed by atoms with van der Waals surface area (Å²) in [4.78, 5) is 0. The summed E-state index contributed by atoms with van der Waals surface area (Å²) in [5, 5.41) is 0. The predicted octanol–water partition coefficient (Wildman–Crippen LogP) is 2.99. The van der Waals surface area contributed by atoms with Gasteiger partial charge in [0.15, 0.2) is 0 Å². The fourth-order valence-corrected chi connectivity index (χ4v) is 3.45. The van der Waals surface area contributed by atoms with Gasteiger partial charge in [0.1, 0.15) is 0 Å². The van der Waals surface area contributed by atoms with E-state index in [0.717, 1.165) is 24.4 Å². The van der Waals surface area contributed by atoms with Crippen molar-refractivity contribution in [2.24, 2.45) is 17.8 Å². The number of rotatable bonds is 0. The summed E-state index contributed by atoms with van der Waals surface area (Å²) in [6.45, 7) is 3.47. The van der Waals surface area contributed by atoms with E-state index in [2.05, 4.69) is 6.92 Å². The molecule has 74 valence electrons. The maximum atomic E-state index is 6.22. The molecule has 1 nitrogen and oxygen atoms in total. The van der Waals surface area contributed by atoms with Crippen molar-refractivity contribution in [3.63, 3.8) is 0 Å². The van der Waals surface area contributed by atoms with E-state index in [0.29, 0.717) is 5.60 Å². The van der Waals surface area contributed by atoms with Gasteiger partial charge in [-0.3, -0.25) is 0 Å². The van der Waals surface area contributed by atoms with Crippen molar-refractivity contribution in [2.75, 3.05) is 6.61 Å². The summed E-state index contributed by atoms with van der Waals surface area (Å²) in [5.41, 5.74) is 0.327. The van der Waals surface area contributed by atoms with Crippen molar-refractivity contribution in [1.82, 2.24) is 0 Å². The Labute approximate surface area is 80.8 Å². The molecule has 3 fully saturated rings. The molecule has 0 aromatic rings. The minimum absolute atomic E-state index is 0.327. The average Bonchev–Trinajstić information content (AvgIpc) is 2.79. The minimum Gasteiger partial charge on any atom is -0.374 e. The van der Waals surface area contributed by atoms with E-state index in [9.17, 15) is 0 Å².